The van der Waals surface area contributed by atoms with Crippen LogP contribution in [0, 0.1) is 5.41 Å². The molecule has 1 aliphatic rings. The van der Waals surface area contributed by atoms with Crippen molar-refractivity contribution in [2.45, 2.75) is 64.1 Å². The second-order valence-corrected chi connectivity index (χ2v) is 7.25. The fourth-order valence-corrected chi connectivity index (χ4v) is 3.15. The monoisotopic (exact) mass is 299 g/mol. The summed E-state index contributed by atoms with van der Waals surface area (Å²) in [5.74, 6) is 0. The zero-order valence-corrected chi connectivity index (χ0v) is 12.8. The highest BCUT2D eigenvalue weighted by Crippen LogP contribution is 2.38. The lowest BCUT2D eigenvalue weighted by Gasteiger charge is -2.29. The molecular formula is C17H24F3N. The molecule has 0 aromatic heterocycles. The summed E-state index contributed by atoms with van der Waals surface area (Å²) in [5, 5.41) is 0. The number of benzene rings is 1. The second-order valence-electron chi connectivity index (χ2n) is 7.25. The van der Waals surface area contributed by atoms with E-state index in [0.29, 0.717) is 11.8 Å². The summed E-state index contributed by atoms with van der Waals surface area (Å²) in [6.45, 7) is 4.52. The number of hydrogen-bond donors (Lipinski definition) is 1. The normalized spacial score (nSPS) is 26.4. The number of hydrogen-bond acceptors (Lipinski definition) is 1. The van der Waals surface area contributed by atoms with Crippen LogP contribution in [0.1, 0.15) is 57.1 Å². The standard InChI is InChI=1S/C17H24F3N/c1-15(2)8-3-9-16(21,11-10-15)12-13-4-6-14(7-5-13)17(18,19)20/h4-7H,3,8-12,21H2,1-2H3. The fourth-order valence-electron chi connectivity index (χ4n) is 3.15. The molecular weight excluding hydrogens is 275 g/mol. The van der Waals surface area contributed by atoms with Crippen LogP contribution in [0.3, 0.4) is 0 Å². The third-order valence-corrected chi connectivity index (χ3v) is 4.67. The maximum Gasteiger partial charge on any atom is 0.416 e. The highest BCUT2D eigenvalue weighted by molar-refractivity contribution is 5.26. The van der Waals surface area contributed by atoms with Crippen molar-refractivity contribution in [3.8, 4) is 0 Å². The zero-order valence-electron chi connectivity index (χ0n) is 12.8. The van der Waals surface area contributed by atoms with E-state index in [1.807, 2.05) is 0 Å². The van der Waals surface area contributed by atoms with Crippen LogP contribution in [0.25, 0.3) is 0 Å². The van der Waals surface area contributed by atoms with Crippen molar-refractivity contribution in [3.63, 3.8) is 0 Å². The summed E-state index contributed by atoms with van der Waals surface area (Å²) in [6, 6.07) is 5.43. The Labute approximate surface area is 124 Å². The molecule has 2 rings (SSSR count). The van der Waals surface area contributed by atoms with Gasteiger partial charge in [-0.2, -0.15) is 13.2 Å². The van der Waals surface area contributed by atoms with E-state index in [0.717, 1.165) is 43.4 Å². The first-order chi connectivity index (χ1) is 9.60. The molecule has 118 valence electrons. The summed E-state index contributed by atoms with van der Waals surface area (Å²) in [5.41, 5.74) is 6.85. The summed E-state index contributed by atoms with van der Waals surface area (Å²) in [6.07, 6.45) is 1.58. The third-order valence-electron chi connectivity index (χ3n) is 4.67. The first-order valence-corrected chi connectivity index (χ1v) is 7.55. The van der Waals surface area contributed by atoms with Gasteiger partial charge in [-0.15, -0.1) is 0 Å². The Morgan fingerprint density at radius 2 is 1.62 bits per heavy atom. The van der Waals surface area contributed by atoms with Gasteiger partial charge in [0.05, 0.1) is 5.56 Å². The van der Waals surface area contributed by atoms with Gasteiger partial charge in [-0.3, -0.25) is 0 Å². The van der Waals surface area contributed by atoms with Crippen LogP contribution in [-0.4, -0.2) is 5.54 Å². The molecule has 0 radical (unpaired) electrons. The van der Waals surface area contributed by atoms with Gasteiger partial charge in [-0.05, 0) is 55.2 Å². The van der Waals surface area contributed by atoms with Crippen molar-refractivity contribution >= 4 is 0 Å². The van der Waals surface area contributed by atoms with E-state index in [-0.39, 0.29) is 5.54 Å². The van der Waals surface area contributed by atoms with Gasteiger partial charge in [0.2, 0.25) is 0 Å². The Balaban J connectivity index is 2.07. The van der Waals surface area contributed by atoms with E-state index in [1.165, 1.54) is 6.42 Å². The molecule has 1 aliphatic carbocycles. The van der Waals surface area contributed by atoms with Crippen molar-refractivity contribution in [2.75, 3.05) is 0 Å². The van der Waals surface area contributed by atoms with Gasteiger partial charge < -0.3 is 5.73 Å². The predicted molar refractivity (Wildman–Crippen MR) is 78.9 cm³/mol. The molecule has 1 atom stereocenters. The molecule has 0 amide bonds. The summed E-state index contributed by atoms with van der Waals surface area (Å²) < 4.78 is 37.7. The highest BCUT2D eigenvalue weighted by Gasteiger charge is 2.33. The molecule has 0 bridgehead atoms. The Kier molecular flexibility index (Phi) is 4.39. The first-order valence-electron chi connectivity index (χ1n) is 7.55. The maximum absolute atomic E-state index is 12.6. The predicted octanol–water partition coefficient (Wildman–Crippen LogP) is 4.94. The van der Waals surface area contributed by atoms with E-state index < -0.39 is 11.7 Å². The fraction of sp³-hybridized carbons (Fsp3) is 0.647. The minimum atomic E-state index is -4.27. The van der Waals surface area contributed by atoms with Gasteiger partial charge >= 0.3 is 6.18 Å². The second kappa shape index (κ2) is 5.64. The molecule has 1 aromatic carbocycles. The Hall–Kier alpha value is -1.03. The minimum absolute atomic E-state index is 0.284. The molecule has 0 heterocycles. The molecule has 0 aliphatic heterocycles. The molecule has 4 heteroatoms. The Morgan fingerprint density at radius 1 is 1.00 bits per heavy atom. The lowest BCUT2D eigenvalue weighted by molar-refractivity contribution is -0.137. The van der Waals surface area contributed by atoms with Crippen molar-refractivity contribution in [3.05, 3.63) is 35.4 Å². The van der Waals surface area contributed by atoms with Crippen LogP contribution in [0.4, 0.5) is 13.2 Å². The van der Waals surface area contributed by atoms with Crippen LogP contribution in [-0.2, 0) is 12.6 Å². The molecule has 2 N–H and O–H groups in total. The van der Waals surface area contributed by atoms with E-state index in [4.69, 9.17) is 5.73 Å². The van der Waals surface area contributed by atoms with Crippen molar-refractivity contribution in [1.82, 2.24) is 0 Å². The highest BCUT2D eigenvalue weighted by atomic mass is 19.4. The lowest BCUT2D eigenvalue weighted by Crippen LogP contribution is -2.41. The van der Waals surface area contributed by atoms with E-state index >= 15 is 0 Å². The van der Waals surface area contributed by atoms with Gasteiger partial charge in [0.15, 0.2) is 0 Å². The van der Waals surface area contributed by atoms with E-state index in [9.17, 15) is 13.2 Å². The molecule has 0 spiro atoms. The number of nitrogens with two attached hydrogens (primary N) is 1. The SMILES string of the molecule is CC1(C)CCCC(N)(Cc2ccc(C(F)(F)F)cc2)CC1. The first kappa shape index (κ1) is 16.3. The number of alkyl halides is 3. The van der Waals surface area contributed by atoms with Gasteiger partial charge in [0.25, 0.3) is 0 Å². The van der Waals surface area contributed by atoms with Crippen molar-refractivity contribution in [2.24, 2.45) is 11.1 Å². The zero-order chi connectivity index (χ0) is 15.7. The van der Waals surface area contributed by atoms with Gasteiger partial charge in [0, 0.05) is 5.54 Å². The summed E-state index contributed by atoms with van der Waals surface area (Å²) in [4.78, 5) is 0. The van der Waals surface area contributed by atoms with E-state index in [2.05, 4.69) is 13.8 Å². The number of rotatable bonds is 2. The molecule has 1 fully saturated rings. The van der Waals surface area contributed by atoms with Crippen molar-refractivity contribution in [1.29, 1.82) is 0 Å². The van der Waals surface area contributed by atoms with Crippen LogP contribution < -0.4 is 5.73 Å². The number of halogens is 3. The summed E-state index contributed by atoms with van der Waals surface area (Å²) >= 11 is 0. The smallest absolute Gasteiger partial charge is 0.325 e. The molecule has 0 saturated heterocycles. The minimum Gasteiger partial charge on any atom is -0.325 e. The molecule has 1 saturated carbocycles. The van der Waals surface area contributed by atoms with Crippen molar-refractivity contribution < 1.29 is 13.2 Å². The lowest BCUT2D eigenvalue weighted by atomic mass is 9.81. The molecule has 1 nitrogen and oxygen atoms in total. The quantitative estimate of drug-likeness (QED) is 0.769. The largest absolute Gasteiger partial charge is 0.416 e. The average molecular weight is 299 g/mol. The maximum atomic E-state index is 12.6. The van der Waals surface area contributed by atoms with Gasteiger partial charge in [-0.1, -0.05) is 32.4 Å². The summed E-state index contributed by atoms with van der Waals surface area (Å²) in [7, 11) is 0. The average Bonchev–Trinajstić information content (AvgIpc) is 2.48. The van der Waals surface area contributed by atoms with Gasteiger partial charge in [-0.25, -0.2) is 0 Å². The molecule has 21 heavy (non-hydrogen) atoms. The third kappa shape index (κ3) is 4.47. The Morgan fingerprint density at radius 3 is 2.19 bits per heavy atom. The molecule has 1 aromatic rings. The van der Waals surface area contributed by atoms with E-state index in [1.54, 1.807) is 12.1 Å². The van der Waals surface area contributed by atoms with Crippen LogP contribution in [0.15, 0.2) is 24.3 Å². The topological polar surface area (TPSA) is 26.0 Å². The van der Waals surface area contributed by atoms with Crippen LogP contribution in [0.2, 0.25) is 0 Å². The van der Waals surface area contributed by atoms with Crippen LogP contribution in [0.5, 0.6) is 0 Å². The molecule has 1 unspecified atom stereocenters. The van der Waals surface area contributed by atoms with Crippen LogP contribution >= 0.6 is 0 Å². The Bertz CT molecular complexity index is 476. The van der Waals surface area contributed by atoms with Gasteiger partial charge in [0.1, 0.15) is 0 Å².